The summed E-state index contributed by atoms with van der Waals surface area (Å²) in [7, 11) is 0. The number of thiol groups is 2. The van der Waals surface area contributed by atoms with Gasteiger partial charge in [0.05, 0.1) is 38.6 Å². The van der Waals surface area contributed by atoms with Crippen LogP contribution in [0.4, 0.5) is 0 Å². The molecule has 22 aliphatic heterocycles. The van der Waals surface area contributed by atoms with Gasteiger partial charge in [-0.15, -0.1) is 0 Å². The van der Waals surface area contributed by atoms with Crippen LogP contribution in [0.2, 0.25) is 0 Å². The molecule has 22 aliphatic rings. The molecule has 22 fully saturated rings. The molecule has 0 aromatic carbocycles. The highest BCUT2D eigenvalue weighted by Crippen LogP contribution is 2.38. The normalized spacial score (nSPS) is 55.4. The molecule has 0 radical (unpaired) electrons. The first-order valence-corrected chi connectivity index (χ1v) is 22.4. The van der Waals surface area contributed by atoms with Gasteiger partial charge >= 0.3 is 0 Å². The maximum Gasteiger partial charge on any atom is 0.187 e. The van der Waals surface area contributed by atoms with Crippen LogP contribution in [-0.2, 0) is 56.8 Å². The Labute approximate surface area is 385 Å². The molecule has 0 aromatic rings. The molecule has 0 aromatic heterocycles. The smallest absolute Gasteiger partial charge is 0.187 e. The van der Waals surface area contributed by atoms with E-state index in [9.17, 15) is 81.7 Å². The van der Waals surface area contributed by atoms with E-state index in [1.807, 2.05) is 0 Å². The quantitative estimate of drug-likeness (QED) is 0.110. The summed E-state index contributed by atoms with van der Waals surface area (Å²) >= 11 is 8.45. The van der Waals surface area contributed by atoms with Gasteiger partial charge in [0.15, 0.2) is 37.7 Å². The lowest BCUT2D eigenvalue weighted by atomic mass is 9.95. The second-order valence-corrected chi connectivity index (χ2v) is 17.6. The van der Waals surface area contributed by atoms with E-state index in [-0.39, 0.29) is 11.5 Å². The first kappa shape index (κ1) is 53.4. The number of rotatable bonds is 6. The van der Waals surface area contributed by atoms with Gasteiger partial charge in [0.25, 0.3) is 0 Å². The Morgan fingerprint density at radius 1 is 0.227 bits per heavy atom. The molecule has 28 nitrogen and oxygen atoms in total. The van der Waals surface area contributed by atoms with Crippen molar-refractivity contribution in [3.8, 4) is 0 Å². The van der Waals surface area contributed by atoms with Crippen LogP contribution >= 0.6 is 25.3 Å². The molecule has 30 heteroatoms. The average Bonchev–Trinajstić information content (AvgIpc) is 3.31. The zero-order valence-corrected chi connectivity index (χ0v) is 36.3. The Hall–Kier alpha value is -0.420. The van der Waals surface area contributed by atoms with Crippen molar-refractivity contribution in [3.63, 3.8) is 0 Å². The van der Waals surface area contributed by atoms with Gasteiger partial charge in [-0.3, -0.25) is 0 Å². The summed E-state index contributed by atoms with van der Waals surface area (Å²) in [4.78, 5) is 0. The van der Waals surface area contributed by atoms with Crippen LogP contribution in [0.1, 0.15) is 0 Å². The average molecular weight is 1000 g/mol. The zero-order valence-electron chi connectivity index (χ0n) is 34.5. The van der Waals surface area contributed by atoms with Crippen LogP contribution in [0.15, 0.2) is 0 Å². The van der Waals surface area contributed by atoms with Gasteiger partial charge < -0.3 is 139 Å². The fourth-order valence-electron chi connectivity index (χ4n) is 8.93. The largest absolute Gasteiger partial charge is 0.394 e. The van der Waals surface area contributed by atoms with Crippen molar-refractivity contribution in [2.45, 2.75) is 184 Å². The van der Waals surface area contributed by atoms with Crippen LogP contribution in [0.3, 0.4) is 0 Å². The Bertz CT molecular complexity index is 1240. The first-order chi connectivity index (χ1) is 31.4. The first-order valence-electron chi connectivity index (χ1n) is 21.1. The standard InChI is InChI=1S/C36H60O28S2/c37-1-7-25-15(43)21(49)33(55-7)63-29-11(5-65)57-35(23(51)17(29)45)62-28-10(4-40)54-32(20(48)14(28)42)60-26-8(2-38)56-34(22(50)16(26)44)64-30-12(6-66)58-36(24(52)18(30)46)61-27-9(3-39)53-31(59-25)19(47)13(27)41/h7-52,65-66H,1-6H2/t7-,8-,9-,10-,11-,12-,13-,14-,15-,16-,17-,18-,19-,20-,21-,22-,23-,24-,25-,26-,27-,28-,29-,30-,31-,32-,33-,34-,35-,36-/m1/s1. The summed E-state index contributed by atoms with van der Waals surface area (Å²) in [6.45, 7) is -3.80. The summed E-state index contributed by atoms with van der Waals surface area (Å²) in [5, 5.41) is 176. The van der Waals surface area contributed by atoms with Gasteiger partial charge in [-0.25, -0.2) is 0 Å². The SMILES string of the molecule is OC[C@H]1O[C@@H]2O[C@H]3[C@H](O)[C@@H](O)[C@@H](O[C@H]4[C@H](O)[C@@H](O)[C@@H](O[C@H]5[C@H](O)[C@@H](O)[C@@H](O[C@H]6[C@H](O)[C@@H](O)[C@@H](O[C@H]7[C@H](O)[C@@H](O)[C@@H](O[C@H]1[C@H](O)[C@H]2O)O[C@@H]7CO)O[C@@H]6CS)O[C@@H]5CO)O[C@@H]4CO)O[C@@H]3CS. The number of aliphatic hydroxyl groups is 16. The third-order valence-corrected chi connectivity index (χ3v) is 13.4. The van der Waals surface area contributed by atoms with Gasteiger partial charge in [0.2, 0.25) is 0 Å². The Kier molecular flexibility index (Phi) is 18.2. The topological polar surface area (TPSA) is 434 Å². The van der Waals surface area contributed by atoms with Crippen molar-refractivity contribution in [1.29, 1.82) is 0 Å². The fraction of sp³-hybridized carbons (Fsp3) is 1.00. The lowest BCUT2D eigenvalue weighted by molar-refractivity contribution is -0.401. The number of aliphatic hydroxyl groups excluding tert-OH is 16. The van der Waals surface area contributed by atoms with E-state index < -0.39 is 211 Å². The van der Waals surface area contributed by atoms with Crippen LogP contribution in [0, 0.1) is 0 Å². The molecular formula is C36H60O28S2. The third-order valence-electron chi connectivity index (χ3n) is 12.7. The van der Waals surface area contributed by atoms with Crippen molar-refractivity contribution in [1.82, 2.24) is 0 Å². The molecule has 0 saturated carbocycles. The van der Waals surface area contributed by atoms with Crippen LogP contribution in [0.5, 0.6) is 0 Å². The second-order valence-electron chi connectivity index (χ2n) is 16.8. The van der Waals surface area contributed by atoms with Crippen LogP contribution < -0.4 is 0 Å². The summed E-state index contributed by atoms with van der Waals surface area (Å²) in [6, 6.07) is 0. The second kappa shape index (κ2) is 22.6. The molecule has 12 bridgehead atoms. The van der Waals surface area contributed by atoms with Crippen LogP contribution in [-0.4, -0.2) is 304 Å². The Morgan fingerprint density at radius 3 is 0.530 bits per heavy atom. The van der Waals surface area contributed by atoms with Crippen molar-refractivity contribution < 1.29 is 139 Å². The van der Waals surface area contributed by atoms with Crippen molar-refractivity contribution in [2.24, 2.45) is 0 Å². The molecule has 384 valence electrons. The minimum atomic E-state index is -2.09. The molecule has 16 N–H and O–H groups in total. The Morgan fingerprint density at radius 2 is 0.379 bits per heavy atom. The summed E-state index contributed by atoms with van der Waals surface area (Å²) in [5.41, 5.74) is 0. The van der Waals surface area contributed by atoms with E-state index in [0.717, 1.165) is 0 Å². The number of ether oxygens (including phenoxy) is 12. The summed E-state index contributed by atoms with van der Waals surface area (Å²) in [6.07, 6.45) is -55.6. The third kappa shape index (κ3) is 10.3. The van der Waals surface area contributed by atoms with E-state index in [1.165, 1.54) is 0 Å². The monoisotopic (exact) mass is 1000 g/mol. The van der Waals surface area contributed by atoms with Crippen molar-refractivity contribution >= 4 is 25.3 Å². The van der Waals surface area contributed by atoms with E-state index >= 15 is 0 Å². The van der Waals surface area contributed by atoms with Gasteiger partial charge in [-0.2, -0.15) is 25.3 Å². The number of hydrogen-bond acceptors (Lipinski definition) is 30. The maximum atomic E-state index is 11.3. The Balaban J connectivity index is 1.19. The predicted molar refractivity (Wildman–Crippen MR) is 209 cm³/mol. The van der Waals surface area contributed by atoms with E-state index in [4.69, 9.17) is 56.8 Å². The van der Waals surface area contributed by atoms with Gasteiger partial charge in [0.1, 0.15) is 134 Å². The molecule has 30 atom stereocenters. The molecule has 66 heavy (non-hydrogen) atoms. The van der Waals surface area contributed by atoms with E-state index in [1.54, 1.807) is 0 Å². The maximum absolute atomic E-state index is 11.3. The molecular weight excluding hydrogens is 945 g/mol. The van der Waals surface area contributed by atoms with Gasteiger partial charge in [0, 0.05) is 11.5 Å². The van der Waals surface area contributed by atoms with E-state index in [0.29, 0.717) is 0 Å². The molecule has 0 aliphatic carbocycles. The molecule has 22 saturated heterocycles. The lowest BCUT2D eigenvalue weighted by Gasteiger charge is -2.50. The van der Waals surface area contributed by atoms with Gasteiger partial charge in [-0.1, -0.05) is 0 Å². The minimum absolute atomic E-state index is 0.297. The summed E-state index contributed by atoms with van der Waals surface area (Å²) in [5.74, 6) is -0.593. The predicted octanol–water partition coefficient (Wildman–Crippen LogP) is -11.2. The number of hydrogen-bond donors (Lipinski definition) is 18. The highest BCUT2D eigenvalue weighted by Gasteiger charge is 2.58. The molecule has 0 spiro atoms. The molecule has 0 amide bonds. The van der Waals surface area contributed by atoms with Crippen LogP contribution in [0.25, 0.3) is 0 Å². The van der Waals surface area contributed by atoms with E-state index in [2.05, 4.69) is 25.3 Å². The minimum Gasteiger partial charge on any atom is -0.394 e. The molecule has 22 rings (SSSR count). The highest BCUT2D eigenvalue weighted by atomic mass is 32.1. The highest BCUT2D eigenvalue weighted by molar-refractivity contribution is 7.80. The lowest BCUT2D eigenvalue weighted by Crippen LogP contribution is -2.69. The van der Waals surface area contributed by atoms with Crippen molar-refractivity contribution in [2.75, 3.05) is 37.9 Å². The molecule has 22 heterocycles. The van der Waals surface area contributed by atoms with Crippen molar-refractivity contribution in [3.05, 3.63) is 0 Å². The zero-order chi connectivity index (χ0) is 48.0. The molecule has 0 unspecified atom stereocenters. The summed E-state index contributed by atoms with van der Waals surface area (Å²) < 4.78 is 69.0. The van der Waals surface area contributed by atoms with Gasteiger partial charge in [-0.05, 0) is 0 Å². The fourth-order valence-corrected chi connectivity index (χ4v) is 9.52.